The predicted molar refractivity (Wildman–Crippen MR) is 204 cm³/mol. The first-order valence-corrected chi connectivity index (χ1v) is 20.2. The standard InChI is InChI=1S/C38H45Br2ClN2O3S/c1-6-7-8-21-42-32-17-15-28(39)24-30(32)37(2,3)34(42)19-13-26-11-12-27(36(26)41)14-20-35-38(4,5)31-25-29(40)16-18-33(31)43(35)22-9-10-23-47(44,45)46/h13-20,24-25H,6-12,21-23H2,1-5H3/p+1. The summed E-state index contributed by atoms with van der Waals surface area (Å²) in [4.78, 5) is 2.29. The lowest BCUT2D eigenvalue weighted by Crippen LogP contribution is -2.28. The molecule has 252 valence electrons. The molecule has 2 aliphatic heterocycles. The Morgan fingerprint density at radius 2 is 1.62 bits per heavy atom. The molecule has 47 heavy (non-hydrogen) atoms. The summed E-state index contributed by atoms with van der Waals surface area (Å²) in [6, 6.07) is 13.0. The molecule has 0 aromatic heterocycles. The second-order valence-corrected chi connectivity index (χ2v) is 17.7. The van der Waals surface area contributed by atoms with Gasteiger partial charge in [0.05, 0.1) is 11.2 Å². The number of hydrogen-bond acceptors (Lipinski definition) is 3. The normalized spacial score (nSPS) is 20.4. The van der Waals surface area contributed by atoms with Crippen LogP contribution in [-0.4, -0.2) is 42.1 Å². The largest absolute Gasteiger partial charge is 0.344 e. The average Bonchev–Trinajstić information content (AvgIpc) is 3.52. The molecule has 5 rings (SSSR count). The summed E-state index contributed by atoms with van der Waals surface area (Å²) >= 11 is 14.4. The fraction of sp³-hybridized carbons (Fsp3) is 0.447. The van der Waals surface area contributed by atoms with Gasteiger partial charge >= 0.3 is 0 Å². The number of fused-ring (bicyclic) bond motifs is 2. The third kappa shape index (κ3) is 7.77. The lowest BCUT2D eigenvalue weighted by molar-refractivity contribution is -0.438. The summed E-state index contributed by atoms with van der Waals surface area (Å²) in [6.45, 7) is 13.0. The van der Waals surface area contributed by atoms with Gasteiger partial charge < -0.3 is 4.90 Å². The van der Waals surface area contributed by atoms with E-state index in [1.807, 2.05) is 6.07 Å². The Morgan fingerprint density at radius 3 is 2.32 bits per heavy atom. The molecule has 9 heteroatoms. The smallest absolute Gasteiger partial charge is 0.264 e. The van der Waals surface area contributed by atoms with Crippen LogP contribution < -0.4 is 4.90 Å². The van der Waals surface area contributed by atoms with Gasteiger partial charge in [0.2, 0.25) is 5.69 Å². The summed E-state index contributed by atoms with van der Waals surface area (Å²) in [5.74, 6) is -0.228. The third-order valence-electron chi connectivity index (χ3n) is 9.84. The molecule has 0 saturated carbocycles. The monoisotopic (exact) mass is 803 g/mol. The summed E-state index contributed by atoms with van der Waals surface area (Å²) in [7, 11) is -3.98. The van der Waals surface area contributed by atoms with Crippen molar-refractivity contribution < 1.29 is 17.5 Å². The number of unbranched alkanes of at least 4 members (excludes halogenated alkanes) is 3. The van der Waals surface area contributed by atoms with E-state index in [-0.39, 0.29) is 16.6 Å². The van der Waals surface area contributed by atoms with Crippen LogP contribution in [0.5, 0.6) is 0 Å². The lowest BCUT2D eigenvalue weighted by Gasteiger charge is -2.27. The Morgan fingerprint density at radius 1 is 0.915 bits per heavy atom. The molecule has 0 amide bonds. The van der Waals surface area contributed by atoms with E-state index in [0.717, 1.165) is 62.3 Å². The number of anilines is 1. The van der Waals surface area contributed by atoms with Crippen molar-refractivity contribution in [2.24, 2.45) is 0 Å². The van der Waals surface area contributed by atoms with Gasteiger partial charge in [-0.2, -0.15) is 13.0 Å². The van der Waals surface area contributed by atoms with E-state index in [0.29, 0.717) is 19.4 Å². The van der Waals surface area contributed by atoms with Crippen molar-refractivity contribution in [1.29, 1.82) is 0 Å². The molecule has 1 N–H and O–H groups in total. The Labute approximate surface area is 303 Å². The number of benzene rings is 2. The van der Waals surface area contributed by atoms with Crippen LogP contribution in [0, 0.1) is 0 Å². The van der Waals surface area contributed by atoms with Crippen LogP contribution in [0.15, 0.2) is 91.5 Å². The van der Waals surface area contributed by atoms with Crippen LogP contribution in [-0.2, 0) is 20.9 Å². The second-order valence-electron chi connectivity index (χ2n) is 13.9. The van der Waals surface area contributed by atoms with Crippen LogP contribution in [0.2, 0.25) is 0 Å². The minimum Gasteiger partial charge on any atom is -0.344 e. The third-order valence-corrected chi connectivity index (χ3v) is 12.1. The fourth-order valence-electron chi connectivity index (χ4n) is 7.22. The summed E-state index contributed by atoms with van der Waals surface area (Å²) in [6.07, 6.45) is 15.2. The quantitative estimate of drug-likeness (QED) is 0.132. The summed E-state index contributed by atoms with van der Waals surface area (Å²) in [5.41, 5.74) is 9.33. The van der Waals surface area contributed by atoms with Crippen LogP contribution >= 0.6 is 43.5 Å². The maximum absolute atomic E-state index is 11.3. The molecule has 5 nitrogen and oxygen atoms in total. The van der Waals surface area contributed by atoms with Gasteiger partial charge in [-0.25, -0.2) is 0 Å². The molecule has 2 heterocycles. The highest BCUT2D eigenvalue weighted by Crippen LogP contribution is 2.49. The zero-order chi connectivity index (χ0) is 34.1. The first-order chi connectivity index (χ1) is 22.1. The van der Waals surface area contributed by atoms with E-state index < -0.39 is 10.1 Å². The number of halogens is 3. The molecular formula is C38H46Br2ClN2O3S+. The van der Waals surface area contributed by atoms with Crippen LogP contribution in [0.4, 0.5) is 11.4 Å². The Hall–Kier alpha value is -1.97. The van der Waals surface area contributed by atoms with Gasteiger partial charge in [-0.15, -0.1) is 0 Å². The first-order valence-electron chi connectivity index (χ1n) is 16.6. The van der Waals surface area contributed by atoms with Crippen molar-refractivity contribution in [3.8, 4) is 0 Å². The summed E-state index contributed by atoms with van der Waals surface area (Å²) < 4.78 is 36.5. The average molecular weight is 806 g/mol. The molecule has 0 fully saturated rings. The van der Waals surface area contributed by atoms with Crippen LogP contribution in [0.3, 0.4) is 0 Å². The molecule has 3 aliphatic rings. The van der Waals surface area contributed by atoms with Crippen molar-refractivity contribution in [2.75, 3.05) is 23.7 Å². The topological polar surface area (TPSA) is 60.6 Å². The van der Waals surface area contributed by atoms with Gasteiger partial charge in [0.1, 0.15) is 6.54 Å². The molecule has 0 bridgehead atoms. The van der Waals surface area contributed by atoms with E-state index >= 15 is 0 Å². The number of hydrogen-bond donors (Lipinski definition) is 1. The van der Waals surface area contributed by atoms with Gasteiger partial charge in [-0.05, 0) is 99.1 Å². The van der Waals surface area contributed by atoms with Gasteiger partial charge in [-0.1, -0.05) is 82.8 Å². The van der Waals surface area contributed by atoms with Crippen molar-refractivity contribution in [3.05, 3.63) is 103 Å². The maximum Gasteiger partial charge on any atom is 0.264 e. The van der Waals surface area contributed by atoms with Crippen molar-refractivity contribution in [3.63, 3.8) is 0 Å². The van der Waals surface area contributed by atoms with Crippen LogP contribution in [0.25, 0.3) is 0 Å². The zero-order valence-corrected chi connectivity index (χ0v) is 32.8. The lowest BCUT2D eigenvalue weighted by atomic mass is 9.81. The highest BCUT2D eigenvalue weighted by Gasteiger charge is 2.44. The molecule has 2 aromatic rings. The SMILES string of the molecule is CCCCC[N+]1=C(/C=C/C2=C(Cl)C(=C/C=C3/N(CCCCS(=O)(=O)O)c4ccc(Br)cc4C3(C)C)/CC2)C(C)(C)c2cc(Br)ccc21. The first kappa shape index (κ1) is 36.3. The molecule has 0 radical (unpaired) electrons. The van der Waals surface area contributed by atoms with E-state index in [9.17, 15) is 13.0 Å². The highest BCUT2D eigenvalue weighted by atomic mass is 79.9. The zero-order valence-electron chi connectivity index (χ0n) is 28.0. The van der Waals surface area contributed by atoms with Crippen molar-refractivity contribution in [2.45, 2.75) is 90.4 Å². The van der Waals surface area contributed by atoms with Crippen molar-refractivity contribution >= 4 is 70.7 Å². The van der Waals surface area contributed by atoms with Gasteiger partial charge in [0.15, 0.2) is 5.71 Å². The number of allylic oxidation sites excluding steroid dienone is 8. The number of rotatable bonds is 12. The predicted octanol–water partition coefficient (Wildman–Crippen LogP) is 10.9. The molecule has 1 aliphatic carbocycles. The van der Waals surface area contributed by atoms with Crippen molar-refractivity contribution in [1.82, 2.24) is 0 Å². The second kappa shape index (κ2) is 14.5. The van der Waals surface area contributed by atoms with E-state index in [1.165, 1.54) is 35.4 Å². The maximum atomic E-state index is 11.3. The minimum atomic E-state index is -3.98. The van der Waals surface area contributed by atoms with Gasteiger partial charge in [0.25, 0.3) is 10.1 Å². The van der Waals surface area contributed by atoms with E-state index in [2.05, 4.69) is 131 Å². The summed E-state index contributed by atoms with van der Waals surface area (Å²) in [5, 5.41) is 0.822. The van der Waals surface area contributed by atoms with Gasteiger partial charge in [0, 0.05) is 61.4 Å². The Kier molecular flexibility index (Phi) is 11.2. The molecule has 0 saturated heterocycles. The number of nitrogens with zero attached hydrogens (tertiary/aromatic N) is 2. The van der Waals surface area contributed by atoms with E-state index in [4.69, 9.17) is 11.6 Å². The van der Waals surface area contributed by atoms with Crippen LogP contribution in [0.1, 0.15) is 90.7 Å². The molecule has 2 aromatic carbocycles. The van der Waals surface area contributed by atoms with E-state index in [1.54, 1.807) is 0 Å². The highest BCUT2D eigenvalue weighted by molar-refractivity contribution is 9.10. The Bertz CT molecular complexity index is 1820. The molecule has 0 spiro atoms. The van der Waals surface area contributed by atoms with Gasteiger partial charge in [-0.3, -0.25) is 4.55 Å². The fourth-order valence-corrected chi connectivity index (χ4v) is 8.82. The Balaban J connectivity index is 1.44. The molecule has 0 unspecified atom stereocenters. The molecular weight excluding hydrogens is 760 g/mol. The molecule has 0 atom stereocenters. The minimum absolute atomic E-state index is 0.126.